The number of nitrogens with two attached hydrogens (primary N) is 1. The van der Waals surface area contributed by atoms with Gasteiger partial charge < -0.3 is 10.6 Å². The van der Waals surface area contributed by atoms with Gasteiger partial charge in [0.1, 0.15) is 0 Å². The quantitative estimate of drug-likeness (QED) is 0.666. The molecule has 1 aromatic carbocycles. The second kappa shape index (κ2) is 6.45. The molecule has 1 aromatic rings. The zero-order valence-electron chi connectivity index (χ0n) is 11.4. The third kappa shape index (κ3) is 3.90. The zero-order valence-corrected chi connectivity index (χ0v) is 12.2. The Balaban J connectivity index is 1.75. The van der Waals surface area contributed by atoms with Crippen LogP contribution in [0.4, 0.5) is 5.69 Å². The summed E-state index contributed by atoms with van der Waals surface area (Å²) in [4.78, 5) is 6.31. The summed E-state index contributed by atoms with van der Waals surface area (Å²) in [5.41, 5.74) is 7.91. The molecule has 4 heteroatoms. The summed E-state index contributed by atoms with van der Waals surface area (Å²) < 4.78 is 0. The van der Waals surface area contributed by atoms with Gasteiger partial charge >= 0.3 is 0 Å². The van der Waals surface area contributed by atoms with Crippen LogP contribution in [0.2, 0.25) is 0 Å². The molecular formula is C14H23N3S. The van der Waals surface area contributed by atoms with Crippen molar-refractivity contribution in [2.75, 3.05) is 51.3 Å². The van der Waals surface area contributed by atoms with Crippen molar-refractivity contribution in [3.63, 3.8) is 0 Å². The number of aryl methyl sites for hydroxylation is 1. The Hall–Kier alpha value is -0.710. The van der Waals surface area contributed by atoms with Crippen LogP contribution in [0.25, 0.3) is 0 Å². The van der Waals surface area contributed by atoms with Crippen molar-refractivity contribution in [1.29, 1.82) is 0 Å². The first-order valence-electron chi connectivity index (χ1n) is 6.55. The van der Waals surface area contributed by atoms with Gasteiger partial charge in [-0.05, 0) is 37.7 Å². The minimum Gasteiger partial charge on any atom is -0.399 e. The van der Waals surface area contributed by atoms with Crippen LogP contribution in [0.5, 0.6) is 0 Å². The van der Waals surface area contributed by atoms with Crippen LogP contribution in [0.15, 0.2) is 23.1 Å². The van der Waals surface area contributed by atoms with Crippen LogP contribution in [-0.2, 0) is 0 Å². The average molecular weight is 265 g/mol. The van der Waals surface area contributed by atoms with Crippen molar-refractivity contribution < 1.29 is 0 Å². The van der Waals surface area contributed by atoms with Gasteiger partial charge in [-0.25, -0.2) is 0 Å². The van der Waals surface area contributed by atoms with Crippen molar-refractivity contribution in [3.8, 4) is 0 Å². The minimum atomic E-state index is 0.857. The van der Waals surface area contributed by atoms with Crippen molar-refractivity contribution in [2.45, 2.75) is 11.8 Å². The fourth-order valence-corrected chi connectivity index (χ4v) is 3.21. The lowest BCUT2D eigenvalue weighted by Gasteiger charge is -2.32. The van der Waals surface area contributed by atoms with Gasteiger partial charge in [-0.3, -0.25) is 4.90 Å². The summed E-state index contributed by atoms with van der Waals surface area (Å²) in [6, 6.07) is 6.18. The first kappa shape index (κ1) is 13.7. The fourth-order valence-electron chi connectivity index (χ4n) is 2.19. The predicted octanol–water partition coefficient (Wildman–Crippen LogP) is 1.92. The molecule has 100 valence electrons. The van der Waals surface area contributed by atoms with Crippen LogP contribution in [-0.4, -0.2) is 55.3 Å². The number of hydrogen-bond donors (Lipinski definition) is 1. The van der Waals surface area contributed by atoms with Crippen LogP contribution >= 0.6 is 11.8 Å². The van der Waals surface area contributed by atoms with Gasteiger partial charge in [0.2, 0.25) is 0 Å². The molecule has 0 aromatic heterocycles. The van der Waals surface area contributed by atoms with E-state index in [2.05, 4.69) is 35.9 Å². The molecule has 0 saturated carbocycles. The molecule has 1 saturated heterocycles. The molecule has 1 heterocycles. The Bertz CT molecular complexity index is 387. The molecule has 1 aliphatic rings. The maximum Gasteiger partial charge on any atom is 0.0317 e. The molecule has 0 radical (unpaired) electrons. The number of nitrogen functional groups attached to an aromatic ring is 1. The minimum absolute atomic E-state index is 0.857. The van der Waals surface area contributed by atoms with Gasteiger partial charge in [0, 0.05) is 49.1 Å². The van der Waals surface area contributed by atoms with Gasteiger partial charge in [-0.1, -0.05) is 0 Å². The van der Waals surface area contributed by atoms with E-state index >= 15 is 0 Å². The molecule has 2 N–H and O–H groups in total. The van der Waals surface area contributed by atoms with E-state index in [0.29, 0.717) is 0 Å². The number of hydrogen-bond acceptors (Lipinski definition) is 4. The lowest BCUT2D eigenvalue weighted by Crippen LogP contribution is -2.45. The van der Waals surface area contributed by atoms with E-state index in [9.17, 15) is 0 Å². The van der Waals surface area contributed by atoms with Crippen LogP contribution in [0.3, 0.4) is 0 Å². The summed E-state index contributed by atoms with van der Waals surface area (Å²) in [5.74, 6) is 1.16. The molecule has 0 atom stereocenters. The summed E-state index contributed by atoms with van der Waals surface area (Å²) in [5, 5.41) is 0. The highest BCUT2D eigenvalue weighted by atomic mass is 32.2. The number of anilines is 1. The lowest BCUT2D eigenvalue weighted by atomic mass is 10.2. The van der Waals surface area contributed by atoms with Crippen molar-refractivity contribution in [3.05, 3.63) is 23.8 Å². The molecule has 2 rings (SSSR count). The van der Waals surface area contributed by atoms with Gasteiger partial charge in [-0.2, -0.15) is 0 Å². The number of nitrogens with zero attached hydrogens (tertiary/aromatic N) is 2. The maximum absolute atomic E-state index is 5.76. The standard InChI is InChI=1S/C14H23N3S/c1-12-11-13(15)3-4-14(12)18-10-9-17-7-5-16(2)6-8-17/h3-4,11H,5-10,15H2,1-2H3. The Kier molecular flexibility index (Phi) is 4.92. The number of benzene rings is 1. The summed E-state index contributed by atoms with van der Waals surface area (Å²) in [6.45, 7) is 8.13. The van der Waals surface area contributed by atoms with E-state index in [4.69, 9.17) is 5.73 Å². The molecule has 0 unspecified atom stereocenters. The fraction of sp³-hybridized carbons (Fsp3) is 0.571. The third-order valence-corrected chi connectivity index (χ3v) is 4.62. The zero-order chi connectivity index (χ0) is 13.0. The molecule has 0 bridgehead atoms. The van der Waals surface area contributed by atoms with Crippen molar-refractivity contribution >= 4 is 17.4 Å². The van der Waals surface area contributed by atoms with Gasteiger partial charge in [-0.15, -0.1) is 11.8 Å². The molecule has 0 amide bonds. The van der Waals surface area contributed by atoms with E-state index < -0.39 is 0 Å². The number of likely N-dealkylation sites (N-methyl/N-ethyl adjacent to an activating group) is 1. The van der Waals surface area contributed by atoms with Gasteiger partial charge in [0.05, 0.1) is 0 Å². The van der Waals surface area contributed by atoms with Gasteiger partial charge in [0.15, 0.2) is 0 Å². The summed E-state index contributed by atoms with van der Waals surface area (Å²) in [7, 11) is 2.20. The van der Waals surface area contributed by atoms with Crippen LogP contribution in [0.1, 0.15) is 5.56 Å². The van der Waals surface area contributed by atoms with Crippen molar-refractivity contribution in [1.82, 2.24) is 9.80 Å². The predicted molar refractivity (Wildman–Crippen MR) is 80.3 cm³/mol. The highest BCUT2D eigenvalue weighted by molar-refractivity contribution is 7.99. The molecule has 0 spiro atoms. The molecule has 1 aliphatic heterocycles. The van der Waals surface area contributed by atoms with Gasteiger partial charge in [0.25, 0.3) is 0 Å². The van der Waals surface area contributed by atoms with Crippen molar-refractivity contribution in [2.24, 2.45) is 0 Å². The van der Waals surface area contributed by atoms with E-state index in [-0.39, 0.29) is 0 Å². The number of piperazine rings is 1. The second-order valence-corrected chi connectivity index (χ2v) is 6.16. The lowest BCUT2D eigenvalue weighted by molar-refractivity contribution is 0.161. The Morgan fingerprint density at radius 2 is 1.94 bits per heavy atom. The highest BCUT2D eigenvalue weighted by Gasteiger charge is 2.13. The first-order chi connectivity index (χ1) is 8.65. The normalized spacial score (nSPS) is 18.1. The maximum atomic E-state index is 5.76. The summed E-state index contributed by atoms with van der Waals surface area (Å²) >= 11 is 1.94. The Morgan fingerprint density at radius 3 is 2.61 bits per heavy atom. The molecule has 0 aliphatic carbocycles. The first-order valence-corrected chi connectivity index (χ1v) is 7.53. The molecule has 1 fully saturated rings. The molecule has 3 nitrogen and oxygen atoms in total. The smallest absolute Gasteiger partial charge is 0.0317 e. The third-order valence-electron chi connectivity index (χ3n) is 3.46. The SMILES string of the molecule is Cc1cc(N)ccc1SCCN1CCN(C)CC1. The molecular weight excluding hydrogens is 242 g/mol. The number of rotatable bonds is 4. The molecule has 18 heavy (non-hydrogen) atoms. The average Bonchev–Trinajstić information content (AvgIpc) is 2.34. The van der Waals surface area contributed by atoms with E-state index in [0.717, 1.165) is 11.4 Å². The van der Waals surface area contributed by atoms with E-state index in [1.807, 2.05) is 17.8 Å². The Labute approximate surface area is 114 Å². The largest absolute Gasteiger partial charge is 0.399 e. The Morgan fingerprint density at radius 1 is 1.22 bits per heavy atom. The highest BCUT2D eigenvalue weighted by Crippen LogP contribution is 2.24. The number of thioether (sulfide) groups is 1. The summed E-state index contributed by atoms with van der Waals surface area (Å²) in [6.07, 6.45) is 0. The van der Waals surface area contributed by atoms with E-state index in [1.165, 1.54) is 43.2 Å². The van der Waals surface area contributed by atoms with Crippen LogP contribution < -0.4 is 5.73 Å². The monoisotopic (exact) mass is 265 g/mol. The van der Waals surface area contributed by atoms with E-state index in [1.54, 1.807) is 0 Å². The topological polar surface area (TPSA) is 32.5 Å². The second-order valence-electron chi connectivity index (χ2n) is 5.02. The van der Waals surface area contributed by atoms with Crippen LogP contribution in [0, 0.1) is 6.92 Å².